The van der Waals surface area contributed by atoms with Gasteiger partial charge in [0.05, 0.1) is 24.9 Å². The fourth-order valence-electron chi connectivity index (χ4n) is 1.82. The topological polar surface area (TPSA) is 60.5 Å². The lowest BCUT2D eigenvalue weighted by Gasteiger charge is -2.11. The van der Waals surface area contributed by atoms with Crippen LogP contribution in [0.3, 0.4) is 0 Å². The van der Waals surface area contributed by atoms with Crippen LogP contribution in [-0.4, -0.2) is 25.1 Å². The van der Waals surface area contributed by atoms with Crippen molar-refractivity contribution in [2.75, 3.05) is 19.5 Å². The number of rotatable bonds is 4. The predicted molar refractivity (Wildman–Crippen MR) is 79.1 cm³/mol. The number of aromatic nitrogens is 1. The van der Waals surface area contributed by atoms with Gasteiger partial charge in [-0.05, 0) is 26.0 Å². The van der Waals surface area contributed by atoms with Crippen LogP contribution in [0, 0.1) is 13.8 Å². The molecule has 0 aliphatic rings. The molecule has 0 aliphatic carbocycles. The Morgan fingerprint density at radius 2 is 2.00 bits per heavy atom. The Morgan fingerprint density at radius 3 is 2.55 bits per heavy atom. The molecule has 1 aromatic heterocycles. The molecule has 1 aromatic carbocycles. The lowest BCUT2D eigenvalue weighted by Crippen LogP contribution is -2.14. The Kier molecular flexibility index (Phi) is 4.24. The van der Waals surface area contributed by atoms with Crippen molar-refractivity contribution in [3.63, 3.8) is 0 Å². The van der Waals surface area contributed by atoms with Crippen molar-refractivity contribution in [3.8, 4) is 11.5 Å². The Bertz CT molecular complexity index is 637. The third kappa shape index (κ3) is 2.91. The van der Waals surface area contributed by atoms with Crippen LogP contribution in [0.15, 0.2) is 18.2 Å². The number of benzene rings is 1. The number of nitrogens with one attached hydrogen (secondary N) is 1. The molecule has 0 spiro atoms. The normalized spacial score (nSPS) is 10.2. The van der Waals surface area contributed by atoms with E-state index in [1.165, 1.54) is 11.3 Å². The molecule has 6 heteroatoms. The van der Waals surface area contributed by atoms with Crippen LogP contribution in [0.4, 0.5) is 5.69 Å². The third-order valence-corrected chi connectivity index (χ3v) is 3.66. The maximum Gasteiger partial charge on any atom is 0.275 e. The maximum atomic E-state index is 12.2. The zero-order valence-corrected chi connectivity index (χ0v) is 12.6. The first-order valence-electron chi connectivity index (χ1n) is 6.02. The van der Waals surface area contributed by atoms with Crippen molar-refractivity contribution in [1.29, 1.82) is 0 Å². The van der Waals surface area contributed by atoms with E-state index < -0.39 is 0 Å². The minimum atomic E-state index is -0.240. The van der Waals surface area contributed by atoms with Gasteiger partial charge in [-0.15, -0.1) is 11.3 Å². The molecule has 0 atom stereocenters. The van der Waals surface area contributed by atoms with E-state index in [4.69, 9.17) is 9.47 Å². The summed E-state index contributed by atoms with van der Waals surface area (Å²) < 4.78 is 10.4. The van der Waals surface area contributed by atoms with Gasteiger partial charge in [-0.3, -0.25) is 4.79 Å². The van der Waals surface area contributed by atoms with E-state index in [1.54, 1.807) is 32.4 Å². The lowest BCUT2D eigenvalue weighted by atomic mass is 10.2. The van der Waals surface area contributed by atoms with E-state index in [-0.39, 0.29) is 5.91 Å². The Labute approximate surface area is 121 Å². The molecule has 2 aromatic rings. The molecule has 2 rings (SSSR count). The molecule has 1 amide bonds. The lowest BCUT2D eigenvalue weighted by molar-refractivity contribution is 0.102. The van der Waals surface area contributed by atoms with Crippen LogP contribution in [0.1, 0.15) is 20.4 Å². The molecule has 0 saturated heterocycles. The zero-order valence-electron chi connectivity index (χ0n) is 11.8. The number of thiazole rings is 1. The second kappa shape index (κ2) is 5.92. The largest absolute Gasteiger partial charge is 0.497 e. The first kappa shape index (κ1) is 14.3. The van der Waals surface area contributed by atoms with Crippen LogP contribution in [0.25, 0.3) is 0 Å². The summed E-state index contributed by atoms with van der Waals surface area (Å²) in [5.74, 6) is 0.971. The fraction of sp³-hybridized carbons (Fsp3) is 0.286. The van der Waals surface area contributed by atoms with Crippen molar-refractivity contribution < 1.29 is 14.3 Å². The summed E-state index contributed by atoms with van der Waals surface area (Å²) in [5, 5.41) is 3.68. The van der Waals surface area contributed by atoms with Crippen molar-refractivity contribution in [2.24, 2.45) is 0 Å². The zero-order chi connectivity index (χ0) is 14.7. The van der Waals surface area contributed by atoms with Gasteiger partial charge < -0.3 is 14.8 Å². The Balaban J connectivity index is 2.25. The number of hydrogen-bond donors (Lipinski definition) is 1. The molecule has 0 radical (unpaired) electrons. The summed E-state index contributed by atoms with van der Waals surface area (Å²) in [4.78, 5) is 17.3. The summed E-state index contributed by atoms with van der Waals surface area (Å²) in [5.41, 5.74) is 1.04. The Morgan fingerprint density at radius 1 is 1.25 bits per heavy atom. The smallest absolute Gasteiger partial charge is 0.275 e. The molecule has 0 fully saturated rings. The highest BCUT2D eigenvalue weighted by Crippen LogP contribution is 2.29. The average Bonchev–Trinajstić information content (AvgIpc) is 2.78. The van der Waals surface area contributed by atoms with Gasteiger partial charge in [0.15, 0.2) is 0 Å². The minimum absolute atomic E-state index is 0.240. The van der Waals surface area contributed by atoms with Crippen molar-refractivity contribution >= 4 is 22.9 Å². The molecule has 20 heavy (non-hydrogen) atoms. The van der Waals surface area contributed by atoms with Gasteiger partial charge in [-0.1, -0.05) is 0 Å². The molecule has 0 aliphatic heterocycles. The molecule has 1 heterocycles. The molecule has 0 saturated carbocycles. The Hall–Kier alpha value is -2.08. The minimum Gasteiger partial charge on any atom is -0.497 e. The monoisotopic (exact) mass is 292 g/mol. The number of amides is 1. The number of anilines is 1. The van der Waals surface area contributed by atoms with Gasteiger partial charge in [0, 0.05) is 10.9 Å². The van der Waals surface area contributed by atoms with Gasteiger partial charge in [-0.2, -0.15) is 0 Å². The summed E-state index contributed by atoms with van der Waals surface area (Å²) in [6.45, 7) is 3.76. The number of carbonyl (C=O) groups is 1. The van der Waals surface area contributed by atoms with Gasteiger partial charge in [-0.25, -0.2) is 4.98 Å². The van der Waals surface area contributed by atoms with Crippen LogP contribution in [0.2, 0.25) is 0 Å². The van der Waals surface area contributed by atoms with Gasteiger partial charge >= 0.3 is 0 Å². The first-order valence-corrected chi connectivity index (χ1v) is 6.84. The maximum absolute atomic E-state index is 12.2. The second-order valence-electron chi connectivity index (χ2n) is 4.16. The number of ether oxygens (including phenoxy) is 2. The summed E-state index contributed by atoms with van der Waals surface area (Å²) in [7, 11) is 3.12. The highest BCUT2D eigenvalue weighted by molar-refractivity contribution is 7.11. The predicted octanol–water partition coefficient (Wildman–Crippen LogP) is 3.03. The van der Waals surface area contributed by atoms with Gasteiger partial charge in [0.1, 0.15) is 17.2 Å². The van der Waals surface area contributed by atoms with E-state index in [0.717, 1.165) is 9.88 Å². The number of carbonyl (C=O) groups excluding carboxylic acids is 1. The summed E-state index contributed by atoms with van der Waals surface area (Å²) in [6, 6.07) is 5.22. The molecular formula is C14H16N2O3S. The third-order valence-electron chi connectivity index (χ3n) is 2.78. The van der Waals surface area contributed by atoms with Crippen LogP contribution >= 0.6 is 11.3 Å². The van der Waals surface area contributed by atoms with Crippen LogP contribution in [-0.2, 0) is 0 Å². The number of hydrogen-bond acceptors (Lipinski definition) is 5. The van der Waals surface area contributed by atoms with Crippen LogP contribution in [0.5, 0.6) is 11.5 Å². The second-order valence-corrected chi connectivity index (χ2v) is 5.57. The van der Waals surface area contributed by atoms with Gasteiger partial charge in [0.2, 0.25) is 0 Å². The quantitative estimate of drug-likeness (QED) is 0.941. The molecule has 5 nitrogen and oxygen atoms in total. The number of aryl methyl sites for hydroxylation is 2. The van der Waals surface area contributed by atoms with Crippen LogP contribution < -0.4 is 14.8 Å². The molecular weight excluding hydrogens is 276 g/mol. The first-order chi connectivity index (χ1) is 9.55. The van der Waals surface area contributed by atoms with Crippen molar-refractivity contribution in [1.82, 2.24) is 4.98 Å². The summed E-state index contributed by atoms with van der Waals surface area (Å²) >= 11 is 1.50. The molecule has 106 valence electrons. The summed E-state index contributed by atoms with van der Waals surface area (Å²) in [6.07, 6.45) is 0. The van der Waals surface area contributed by atoms with E-state index in [9.17, 15) is 4.79 Å². The molecule has 0 unspecified atom stereocenters. The average molecular weight is 292 g/mol. The highest BCUT2D eigenvalue weighted by atomic mass is 32.1. The SMILES string of the molecule is COc1ccc(NC(=O)c2nc(C)sc2C)c(OC)c1. The van der Waals surface area contributed by atoms with Crippen molar-refractivity contribution in [3.05, 3.63) is 33.8 Å². The van der Waals surface area contributed by atoms with E-state index >= 15 is 0 Å². The fourth-order valence-corrected chi connectivity index (χ4v) is 2.64. The highest BCUT2D eigenvalue weighted by Gasteiger charge is 2.16. The van der Waals surface area contributed by atoms with E-state index in [2.05, 4.69) is 10.3 Å². The number of methoxy groups -OCH3 is 2. The standard InChI is InChI=1S/C14H16N2O3S/c1-8-13(15-9(2)20-8)14(17)16-11-6-5-10(18-3)7-12(11)19-4/h5-7H,1-4H3,(H,16,17). The van der Waals surface area contributed by atoms with Crippen molar-refractivity contribution in [2.45, 2.75) is 13.8 Å². The number of nitrogens with zero attached hydrogens (tertiary/aromatic N) is 1. The van der Waals surface area contributed by atoms with E-state index in [1.807, 2.05) is 13.8 Å². The van der Waals surface area contributed by atoms with E-state index in [0.29, 0.717) is 22.9 Å². The molecule has 0 bridgehead atoms. The molecule has 1 N–H and O–H groups in total. The van der Waals surface area contributed by atoms with Gasteiger partial charge in [0.25, 0.3) is 5.91 Å².